The standard InChI is InChI=1S/C12H12F4O2/c1-3-7-4-8(6(2)17)10(11(13)14)9(5-7)18-12(15)16/h4-5,11-12H,3H2,1-2H3. The predicted octanol–water partition coefficient (Wildman–Crippen LogP) is 3.99. The molecule has 0 bridgehead atoms. The van der Waals surface area contributed by atoms with Gasteiger partial charge in [-0.3, -0.25) is 4.79 Å². The van der Waals surface area contributed by atoms with Crippen LogP contribution >= 0.6 is 0 Å². The molecule has 0 aromatic heterocycles. The number of alkyl halides is 4. The van der Waals surface area contributed by atoms with E-state index in [0.29, 0.717) is 12.0 Å². The van der Waals surface area contributed by atoms with Crippen molar-refractivity contribution in [2.24, 2.45) is 0 Å². The molecule has 0 amide bonds. The van der Waals surface area contributed by atoms with E-state index in [9.17, 15) is 22.4 Å². The van der Waals surface area contributed by atoms with E-state index < -0.39 is 30.1 Å². The topological polar surface area (TPSA) is 26.3 Å². The van der Waals surface area contributed by atoms with Crippen LogP contribution in [-0.4, -0.2) is 12.4 Å². The largest absolute Gasteiger partial charge is 0.434 e. The van der Waals surface area contributed by atoms with Gasteiger partial charge in [0.2, 0.25) is 0 Å². The highest BCUT2D eigenvalue weighted by Gasteiger charge is 2.24. The Hall–Kier alpha value is -1.59. The summed E-state index contributed by atoms with van der Waals surface area (Å²) in [5.74, 6) is -1.25. The summed E-state index contributed by atoms with van der Waals surface area (Å²) in [6.45, 7) is -0.394. The van der Waals surface area contributed by atoms with Gasteiger partial charge in [0, 0.05) is 5.56 Å². The molecule has 1 aromatic rings. The van der Waals surface area contributed by atoms with E-state index in [-0.39, 0.29) is 5.56 Å². The normalized spacial score (nSPS) is 11.1. The van der Waals surface area contributed by atoms with Gasteiger partial charge in [0.15, 0.2) is 5.78 Å². The molecule has 1 rings (SSSR count). The average Bonchev–Trinajstić information content (AvgIpc) is 2.26. The average molecular weight is 264 g/mol. The molecule has 0 atom stereocenters. The Morgan fingerprint density at radius 1 is 1.28 bits per heavy atom. The number of ketones is 1. The predicted molar refractivity (Wildman–Crippen MR) is 57.4 cm³/mol. The van der Waals surface area contributed by atoms with Crippen LogP contribution in [0.15, 0.2) is 12.1 Å². The Morgan fingerprint density at radius 3 is 2.28 bits per heavy atom. The summed E-state index contributed by atoms with van der Waals surface area (Å²) >= 11 is 0. The Kier molecular flexibility index (Phi) is 4.69. The molecule has 0 unspecified atom stereocenters. The molecule has 0 radical (unpaired) electrons. The number of rotatable bonds is 5. The van der Waals surface area contributed by atoms with Crippen molar-refractivity contribution in [1.82, 2.24) is 0 Å². The molecular weight excluding hydrogens is 252 g/mol. The maximum atomic E-state index is 12.9. The summed E-state index contributed by atoms with van der Waals surface area (Å²) in [4.78, 5) is 11.3. The van der Waals surface area contributed by atoms with E-state index in [4.69, 9.17) is 0 Å². The third-order valence-corrected chi connectivity index (χ3v) is 2.42. The molecule has 0 aliphatic rings. The van der Waals surface area contributed by atoms with Gasteiger partial charge in [-0.25, -0.2) is 8.78 Å². The molecule has 18 heavy (non-hydrogen) atoms. The summed E-state index contributed by atoms with van der Waals surface area (Å²) in [5, 5.41) is 0. The number of hydrogen-bond acceptors (Lipinski definition) is 2. The van der Waals surface area contributed by atoms with Gasteiger partial charge in [-0.15, -0.1) is 0 Å². The Labute approximate surface area is 102 Å². The maximum absolute atomic E-state index is 12.9. The van der Waals surface area contributed by atoms with Crippen LogP contribution in [0.4, 0.5) is 17.6 Å². The van der Waals surface area contributed by atoms with Crippen molar-refractivity contribution in [2.45, 2.75) is 33.3 Å². The zero-order chi connectivity index (χ0) is 13.9. The highest BCUT2D eigenvalue weighted by atomic mass is 19.3. The van der Waals surface area contributed by atoms with Crippen LogP contribution in [0.3, 0.4) is 0 Å². The van der Waals surface area contributed by atoms with Gasteiger partial charge in [-0.2, -0.15) is 8.78 Å². The Balaban J connectivity index is 3.44. The smallest absolute Gasteiger partial charge is 0.387 e. The van der Waals surface area contributed by atoms with Crippen LogP contribution in [0.25, 0.3) is 0 Å². The summed E-state index contributed by atoms with van der Waals surface area (Å²) in [6.07, 6.45) is -2.63. The van der Waals surface area contributed by atoms with Crippen LogP contribution in [0.5, 0.6) is 5.75 Å². The van der Waals surface area contributed by atoms with Crippen molar-refractivity contribution in [2.75, 3.05) is 0 Å². The first-order valence-corrected chi connectivity index (χ1v) is 5.27. The lowest BCUT2D eigenvalue weighted by Gasteiger charge is -2.15. The molecule has 1 aromatic carbocycles. The number of ether oxygens (including phenoxy) is 1. The molecule has 0 heterocycles. The molecule has 0 aliphatic heterocycles. The number of carbonyl (C=O) groups excluding carboxylic acids is 1. The summed E-state index contributed by atoms with van der Waals surface area (Å²) in [5.41, 5.74) is -0.569. The van der Waals surface area contributed by atoms with Crippen molar-refractivity contribution >= 4 is 5.78 Å². The molecule has 2 nitrogen and oxygen atoms in total. The molecule has 0 saturated carbocycles. The fraction of sp³-hybridized carbons (Fsp3) is 0.417. The highest BCUT2D eigenvalue weighted by Crippen LogP contribution is 2.35. The van der Waals surface area contributed by atoms with Gasteiger partial charge in [0.1, 0.15) is 5.75 Å². The van der Waals surface area contributed by atoms with Gasteiger partial charge >= 0.3 is 6.61 Å². The third kappa shape index (κ3) is 3.21. The molecule has 0 aliphatic carbocycles. The second-order valence-corrected chi connectivity index (χ2v) is 3.64. The first-order valence-electron chi connectivity index (χ1n) is 5.27. The third-order valence-electron chi connectivity index (χ3n) is 2.42. The quantitative estimate of drug-likeness (QED) is 0.593. The van der Waals surface area contributed by atoms with Gasteiger partial charge in [0.25, 0.3) is 6.43 Å². The number of benzene rings is 1. The lowest BCUT2D eigenvalue weighted by atomic mass is 9.99. The molecule has 0 fully saturated rings. The zero-order valence-electron chi connectivity index (χ0n) is 9.84. The minimum Gasteiger partial charge on any atom is -0.434 e. The van der Waals surface area contributed by atoms with E-state index in [1.54, 1.807) is 6.92 Å². The van der Waals surface area contributed by atoms with Gasteiger partial charge in [-0.05, 0) is 31.0 Å². The minimum absolute atomic E-state index is 0.278. The molecule has 0 N–H and O–H groups in total. The number of hydrogen-bond donors (Lipinski definition) is 0. The first kappa shape index (κ1) is 14.5. The monoisotopic (exact) mass is 264 g/mol. The fourth-order valence-corrected chi connectivity index (χ4v) is 1.60. The molecule has 0 saturated heterocycles. The fourth-order valence-electron chi connectivity index (χ4n) is 1.60. The SMILES string of the molecule is CCc1cc(OC(F)F)c(C(F)F)c(C(C)=O)c1. The second kappa shape index (κ2) is 5.84. The van der Waals surface area contributed by atoms with Crippen molar-refractivity contribution in [3.8, 4) is 5.75 Å². The van der Waals surface area contributed by atoms with Crippen molar-refractivity contribution < 1.29 is 27.1 Å². The van der Waals surface area contributed by atoms with Crippen LogP contribution in [0, 0.1) is 0 Å². The van der Waals surface area contributed by atoms with Crippen molar-refractivity contribution in [3.63, 3.8) is 0 Å². The molecule has 0 spiro atoms. The Bertz CT molecular complexity index is 444. The summed E-state index contributed by atoms with van der Waals surface area (Å²) in [6, 6.07) is 2.39. The number of Topliss-reactive ketones (excluding diaryl/α,β-unsaturated/α-hetero) is 1. The van der Waals surface area contributed by atoms with E-state index in [1.165, 1.54) is 6.07 Å². The summed E-state index contributed by atoms with van der Waals surface area (Å²) < 4.78 is 54.1. The van der Waals surface area contributed by atoms with Crippen molar-refractivity contribution in [3.05, 3.63) is 28.8 Å². The minimum atomic E-state index is -3.21. The van der Waals surface area contributed by atoms with E-state index in [2.05, 4.69) is 4.74 Å². The highest BCUT2D eigenvalue weighted by molar-refractivity contribution is 5.96. The van der Waals surface area contributed by atoms with Gasteiger partial charge in [-0.1, -0.05) is 6.92 Å². The van der Waals surface area contributed by atoms with E-state index >= 15 is 0 Å². The van der Waals surface area contributed by atoms with E-state index in [1.807, 2.05) is 0 Å². The number of carbonyl (C=O) groups is 1. The molecular formula is C12H12F4O2. The zero-order valence-corrected chi connectivity index (χ0v) is 9.84. The second-order valence-electron chi connectivity index (χ2n) is 3.64. The molecule has 6 heteroatoms. The van der Waals surface area contributed by atoms with Crippen LogP contribution in [0.2, 0.25) is 0 Å². The number of aryl methyl sites for hydroxylation is 1. The van der Waals surface area contributed by atoms with Crippen molar-refractivity contribution in [1.29, 1.82) is 0 Å². The van der Waals surface area contributed by atoms with Gasteiger partial charge in [0.05, 0.1) is 5.56 Å². The molecule has 100 valence electrons. The van der Waals surface area contributed by atoms with Crippen LogP contribution < -0.4 is 4.74 Å². The first-order chi connectivity index (χ1) is 8.36. The van der Waals surface area contributed by atoms with Crippen LogP contribution in [-0.2, 0) is 6.42 Å². The lowest BCUT2D eigenvalue weighted by Crippen LogP contribution is -2.09. The van der Waals surface area contributed by atoms with E-state index in [0.717, 1.165) is 13.0 Å². The lowest BCUT2D eigenvalue weighted by molar-refractivity contribution is -0.0520. The van der Waals surface area contributed by atoms with Gasteiger partial charge < -0.3 is 4.74 Å². The summed E-state index contributed by atoms with van der Waals surface area (Å²) in [7, 11) is 0. The Morgan fingerprint density at radius 2 is 1.89 bits per heavy atom. The maximum Gasteiger partial charge on any atom is 0.387 e. The van der Waals surface area contributed by atoms with Crippen LogP contribution in [0.1, 0.15) is 41.8 Å². The number of halogens is 4.